The van der Waals surface area contributed by atoms with Crippen LogP contribution in [0.4, 0.5) is 0 Å². The number of nitrogens with zero attached hydrogens (tertiary/aromatic N) is 1. The van der Waals surface area contributed by atoms with E-state index >= 15 is 0 Å². The highest BCUT2D eigenvalue weighted by Crippen LogP contribution is 2.19. The molecule has 0 aliphatic carbocycles. The predicted octanol–water partition coefficient (Wildman–Crippen LogP) is 2.96. The van der Waals surface area contributed by atoms with Crippen LogP contribution in [0, 0.1) is 0 Å². The van der Waals surface area contributed by atoms with Crippen LogP contribution in [0.2, 0.25) is 0 Å². The van der Waals surface area contributed by atoms with E-state index in [1.165, 1.54) is 0 Å². The molecule has 0 N–H and O–H groups in total. The van der Waals surface area contributed by atoms with E-state index in [0.29, 0.717) is 18.8 Å². The minimum Gasteiger partial charge on any atom is -0.493 e. The maximum atomic E-state index is 5.84. The number of hydrogen-bond acceptors (Lipinski definition) is 4. The molecule has 21 heavy (non-hydrogen) atoms. The molecule has 0 spiro atoms. The van der Waals surface area contributed by atoms with Crippen molar-refractivity contribution in [3.05, 3.63) is 24.3 Å². The van der Waals surface area contributed by atoms with Crippen molar-refractivity contribution in [2.24, 2.45) is 0 Å². The average molecular weight is 293 g/mol. The van der Waals surface area contributed by atoms with Crippen molar-refractivity contribution in [2.45, 2.75) is 39.4 Å². The third-order valence-electron chi connectivity index (χ3n) is 3.45. The Kier molecular flexibility index (Phi) is 6.33. The van der Waals surface area contributed by atoms with Crippen LogP contribution < -0.4 is 9.47 Å². The van der Waals surface area contributed by atoms with Crippen molar-refractivity contribution in [3.8, 4) is 11.5 Å². The summed E-state index contributed by atoms with van der Waals surface area (Å²) in [5, 5.41) is 0. The summed E-state index contributed by atoms with van der Waals surface area (Å²) in [4.78, 5) is 2.40. The van der Waals surface area contributed by atoms with Crippen LogP contribution in [0.15, 0.2) is 24.3 Å². The molecule has 1 saturated heterocycles. The average Bonchev–Trinajstić information content (AvgIpc) is 2.44. The molecule has 1 aliphatic rings. The highest BCUT2D eigenvalue weighted by Gasteiger charge is 2.21. The molecule has 0 saturated carbocycles. The minimum absolute atomic E-state index is 0.305. The van der Waals surface area contributed by atoms with Gasteiger partial charge in [0.25, 0.3) is 0 Å². The molecule has 2 atom stereocenters. The molecule has 0 radical (unpaired) electrons. The van der Waals surface area contributed by atoms with Gasteiger partial charge in [0.1, 0.15) is 18.1 Å². The maximum Gasteiger partial charge on any atom is 0.123 e. The van der Waals surface area contributed by atoms with Gasteiger partial charge in [0.05, 0.1) is 18.8 Å². The molecule has 1 heterocycles. The van der Waals surface area contributed by atoms with Gasteiger partial charge in [-0.05, 0) is 32.4 Å². The van der Waals surface area contributed by atoms with Crippen molar-refractivity contribution < 1.29 is 14.2 Å². The van der Waals surface area contributed by atoms with Gasteiger partial charge in [-0.25, -0.2) is 0 Å². The molecule has 2 rings (SSSR count). The molecule has 1 aromatic rings. The number of benzene rings is 1. The maximum absolute atomic E-state index is 5.84. The summed E-state index contributed by atoms with van der Waals surface area (Å²) in [5.74, 6) is 1.75. The second kappa shape index (κ2) is 8.25. The van der Waals surface area contributed by atoms with E-state index in [1.54, 1.807) is 0 Å². The lowest BCUT2D eigenvalue weighted by Gasteiger charge is -2.35. The van der Waals surface area contributed by atoms with Gasteiger partial charge < -0.3 is 14.2 Å². The van der Waals surface area contributed by atoms with Crippen molar-refractivity contribution >= 4 is 0 Å². The van der Waals surface area contributed by atoms with Gasteiger partial charge in [-0.2, -0.15) is 0 Å². The van der Waals surface area contributed by atoms with E-state index in [9.17, 15) is 0 Å². The Morgan fingerprint density at radius 1 is 1.10 bits per heavy atom. The fraction of sp³-hybridized carbons (Fsp3) is 0.647. The molecule has 118 valence electrons. The van der Waals surface area contributed by atoms with Crippen LogP contribution in [-0.4, -0.2) is 50.0 Å². The molecule has 0 amide bonds. The Hall–Kier alpha value is -1.26. The van der Waals surface area contributed by atoms with E-state index < -0.39 is 0 Å². The van der Waals surface area contributed by atoms with Crippen LogP contribution in [0.5, 0.6) is 11.5 Å². The van der Waals surface area contributed by atoms with Gasteiger partial charge in [0.2, 0.25) is 0 Å². The van der Waals surface area contributed by atoms with E-state index in [4.69, 9.17) is 14.2 Å². The zero-order chi connectivity index (χ0) is 15.1. The Balaban J connectivity index is 1.75. The lowest BCUT2D eigenvalue weighted by Crippen LogP contribution is -2.46. The van der Waals surface area contributed by atoms with Gasteiger partial charge in [-0.15, -0.1) is 0 Å². The van der Waals surface area contributed by atoms with E-state index in [-0.39, 0.29) is 0 Å². The van der Waals surface area contributed by atoms with Crippen molar-refractivity contribution in [1.82, 2.24) is 4.90 Å². The first-order valence-electron chi connectivity index (χ1n) is 7.91. The summed E-state index contributed by atoms with van der Waals surface area (Å²) >= 11 is 0. The van der Waals surface area contributed by atoms with Crippen molar-refractivity contribution in [1.29, 1.82) is 0 Å². The van der Waals surface area contributed by atoms with E-state index in [1.807, 2.05) is 24.3 Å². The van der Waals surface area contributed by atoms with Crippen LogP contribution >= 0.6 is 0 Å². The molecule has 1 aromatic carbocycles. The van der Waals surface area contributed by atoms with Gasteiger partial charge >= 0.3 is 0 Å². The number of morpholine rings is 1. The second-order valence-corrected chi connectivity index (χ2v) is 5.69. The predicted molar refractivity (Wildman–Crippen MR) is 84.2 cm³/mol. The molecule has 1 aliphatic heterocycles. The second-order valence-electron chi connectivity index (χ2n) is 5.69. The molecule has 1 fully saturated rings. The largest absolute Gasteiger partial charge is 0.493 e. The first-order chi connectivity index (χ1) is 10.2. The Morgan fingerprint density at radius 2 is 1.71 bits per heavy atom. The zero-order valence-corrected chi connectivity index (χ0v) is 13.4. The quantitative estimate of drug-likeness (QED) is 0.773. The van der Waals surface area contributed by atoms with E-state index in [2.05, 4.69) is 25.7 Å². The van der Waals surface area contributed by atoms with Gasteiger partial charge in [0.15, 0.2) is 0 Å². The monoisotopic (exact) mass is 293 g/mol. The summed E-state index contributed by atoms with van der Waals surface area (Å²) in [6, 6.07) is 7.87. The van der Waals surface area contributed by atoms with Crippen LogP contribution in [0.25, 0.3) is 0 Å². The number of ether oxygens (including phenoxy) is 3. The SMILES string of the molecule is CCCOc1cccc(OCCN2C[C@@H](C)O[C@@H](C)C2)c1. The fourth-order valence-electron chi connectivity index (χ4n) is 2.63. The highest BCUT2D eigenvalue weighted by molar-refractivity contribution is 5.32. The van der Waals surface area contributed by atoms with Crippen LogP contribution in [0.3, 0.4) is 0 Å². The zero-order valence-electron chi connectivity index (χ0n) is 13.4. The standard InChI is InChI=1S/C17H27NO3/c1-4-9-19-16-6-5-7-17(11-16)20-10-8-18-12-14(2)21-15(3)13-18/h5-7,11,14-15H,4,8-10,12-13H2,1-3H3/t14-,15+. The van der Waals surface area contributed by atoms with Crippen LogP contribution in [0.1, 0.15) is 27.2 Å². The molecular weight excluding hydrogens is 266 g/mol. The molecule has 0 bridgehead atoms. The van der Waals surface area contributed by atoms with Gasteiger partial charge in [0, 0.05) is 25.7 Å². The third kappa shape index (κ3) is 5.56. The Labute approximate surface area is 128 Å². The molecule has 0 aromatic heterocycles. The first-order valence-corrected chi connectivity index (χ1v) is 7.91. The Morgan fingerprint density at radius 3 is 2.33 bits per heavy atom. The normalized spacial score (nSPS) is 23.0. The minimum atomic E-state index is 0.305. The van der Waals surface area contributed by atoms with Crippen LogP contribution in [-0.2, 0) is 4.74 Å². The van der Waals surface area contributed by atoms with E-state index in [0.717, 1.165) is 44.2 Å². The number of hydrogen-bond donors (Lipinski definition) is 0. The molecular formula is C17H27NO3. The van der Waals surface area contributed by atoms with Gasteiger partial charge in [-0.1, -0.05) is 13.0 Å². The summed E-state index contributed by atoms with van der Waals surface area (Å²) in [7, 11) is 0. The van der Waals surface area contributed by atoms with Gasteiger partial charge in [-0.3, -0.25) is 4.90 Å². The van der Waals surface area contributed by atoms with Crippen molar-refractivity contribution in [2.75, 3.05) is 32.8 Å². The summed E-state index contributed by atoms with van der Waals surface area (Å²) in [5.41, 5.74) is 0. The highest BCUT2D eigenvalue weighted by atomic mass is 16.5. The smallest absolute Gasteiger partial charge is 0.123 e. The first kappa shape index (κ1) is 16.1. The lowest BCUT2D eigenvalue weighted by molar-refractivity contribution is -0.0699. The fourth-order valence-corrected chi connectivity index (χ4v) is 2.63. The molecule has 4 nitrogen and oxygen atoms in total. The third-order valence-corrected chi connectivity index (χ3v) is 3.45. The van der Waals surface area contributed by atoms with Crippen molar-refractivity contribution in [3.63, 3.8) is 0 Å². The number of rotatable bonds is 7. The summed E-state index contributed by atoms with van der Waals surface area (Å²) in [6.07, 6.45) is 1.62. The molecule has 4 heteroatoms. The summed E-state index contributed by atoms with van der Waals surface area (Å²) in [6.45, 7) is 10.7. The molecule has 0 unspecified atom stereocenters. The lowest BCUT2D eigenvalue weighted by atomic mass is 10.2. The topological polar surface area (TPSA) is 30.9 Å². The Bertz CT molecular complexity index is 414. The summed E-state index contributed by atoms with van der Waals surface area (Å²) < 4.78 is 17.2.